The Morgan fingerprint density at radius 3 is 3.22 bits per heavy atom. The first-order chi connectivity index (χ1) is 4.36. The summed E-state index contributed by atoms with van der Waals surface area (Å²) in [5.74, 6) is 0.198. The van der Waals surface area contributed by atoms with E-state index in [4.69, 9.17) is 9.47 Å². The number of carbonyl (C=O) groups excluding carboxylic acids is 1. The van der Waals surface area contributed by atoms with Crippen molar-refractivity contribution in [2.24, 2.45) is 0 Å². The summed E-state index contributed by atoms with van der Waals surface area (Å²) in [6.45, 7) is 0.476. The van der Waals surface area contributed by atoms with Crippen LogP contribution in [0.25, 0.3) is 0 Å². The van der Waals surface area contributed by atoms with Gasteiger partial charge in [0, 0.05) is 12.8 Å². The lowest BCUT2D eigenvalue weighted by Gasteiger charge is -2.15. The number of ketones is 1. The number of hydrogen-bond donors (Lipinski definition) is 0. The second-order valence-electron chi connectivity index (χ2n) is 2.39. The number of hydrogen-bond acceptors (Lipinski definition) is 3. The Balaban J connectivity index is 2.14. The Kier molecular flexibility index (Phi) is 1.07. The fourth-order valence-electron chi connectivity index (χ4n) is 1.20. The van der Waals surface area contributed by atoms with E-state index >= 15 is 0 Å². The van der Waals surface area contributed by atoms with Gasteiger partial charge in [0.2, 0.25) is 0 Å². The Morgan fingerprint density at radius 2 is 2.44 bits per heavy atom. The number of carbonyl (C=O) groups is 1. The molecule has 2 heterocycles. The van der Waals surface area contributed by atoms with Gasteiger partial charge in [-0.3, -0.25) is 4.79 Å². The Bertz CT molecular complexity index is 143. The molecule has 3 heteroatoms. The molecule has 0 saturated carbocycles. The average Bonchev–Trinajstić information content (AvgIpc) is 2.25. The van der Waals surface area contributed by atoms with E-state index in [1.54, 1.807) is 0 Å². The maximum absolute atomic E-state index is 10.8. The minimum atomic E-state index is -0.233. The minimum absolute atomic E-state index is 0.0762. The molecular formula is C6H8O3. The summed E-state index contributed by atoms with van der Waals surface area (Å²) in [4.78, 5) is 10.8. The summed E-state index contributed by atoms with van der Waals surface area (Å²) >= 11 is 0. The van der Waals surface area contributed by atoms with Crippen molar-refractivity contribution >= 4 is 5.78 Å². The van der Waals surface area contributed by atoms with E-state index in [9.17, 15) is 4.79 Å². The SMILES string of the molecule is O=C1CC[C@@H]2OC[C@H]1O2. The van der Waals surface area contributed by atoms with Gasteiger partial charge in [0.05, 0.1) is 6.61 Å². The molecule has 50 valence electrons. The van der Waals surface area contributed by atoms with Gasteiger partial charge in [-0.1, -0.05) is 0 Å². The van der Waals surface area contributed by atoms with E-state index in [0.717, 1.165) is 6.42 Å². The highest BCUT2D eigenvalue weighted by atomic mass is 16.7. The first-order valence-corrected chi connectivity index (χ1v) is 3.16. The van der Waals surface area contributed by atoms with Crippen LogP contribution in [-0.2, 0) is 14.3 Å². The molecule has 0 spiro atoms. The largest absolute Gasteiger partial charge is 0.349 e. The van der Waals surface area contributed by atoms with Crippen LogP contribution in [-0.4, -0.2) is 24.8 Å². The third kappa shape index (κ3) is 0.767. The number of fused-ring (bicyclic) bond motifs is 2. The topological polar surface area (TPSA) is 35.5 Å². The van der Waals surface area contributed by atoms with Gasteiger partial charge in [0.15, 0.2) is 12.1 Å². The third-order valence-corrected chi connectivity index (χ3v) is 1.74. The summed E-state index contributed by atoms with van der Waals surface area (Å²) in [5, 5.41) is 0. The van der Waals surface area contributed by atoms with Crippen LogP contribution < -0.4 is 0 Å². The maximum atomic E-state index is 10.8. The lowest BCUT2D eigenvalue weighted by molar-refractivity contribution is -0.141. The molecule has 2 bridgehead atoms. The molecule has 2 rings (SSSR count). The van der Waals surface area contributed by atoms with E-state index in [0.29, 0.717) is 13.0 Å². The van der Waals surface area contributed by atoms with Crippen LogP contribution >= 0.6 is 0 Å². The van der Waals surface area contributed by atoms with Crippen LogP contribution in [0.2, 0.25) is 0 Å². The predicted molar refractivity (Wildman–Crippen MR) is 28.9 cm³/mol. The standard InChI is InChI=1S/C6H8O3/c7-4-1-2-6-8-3-5(4)9-6/h5-6H,1-3H2/t5-,6-/m1/s1. The molecule has 2 aliphatic rings. The van der Waals surface area contributed by atoms with Crippen molar-refractivity contribution in [2.45, 2.75) is 25.2 Å². The van der Waals surface area contributed by atoms with E-state index in [1.807, 2.05) is 0 Å². The number of rotatable bonds is 0. The van der Waals surface area contributed by atoms with E-state index < -0.39 is 0 Å². The van der Waals surface area contributed by atoms with Gasteiger partial charge in [-0.15, -0.1) is 0 Å². The van der Waals surface area contributed by atoms with Crippen molar-refractivity contribution in [3.63, 3.8) is 0 Å². The summed E-state index contributed by atoms with van der Waals surface area (Å²) in [7, 11) is 0. The molecule has 0 aliphatic carbocycles. The Hall–Kier alpha value is -0.410. The molecule has 3 nitrogen and oxygen atoms in total. The van der Waals surface area contributed by atoms with Gasteiger partial charge in [-0.25, -0.2) is 0 Å². The lowest BCUT2D eigenvalue weighted by atomic mass is 10.1. The van der Waals surface area contributed by atoms with Crippen LogP contribution in [0.4, 0.5) is 0 Å². The molecule has 0 aromatic rings. The highest BCUT2D eigenvalue weighted by Crippen LogP contribution is 2.23. The lowest BCUT2D eigenvalue weighted by Crippen LogP contribution is -2.28. The van der Waals surface area contributed by atoms with Crippen molar-refractivity contribution in [3.8, 4) is 0 Å². The monoisotopic (exact) mass is 128 g/mol. The minimum Gasteiger partial charge on any atom is -0.349 e. The smallest absolute Gasteiger partial charge is 0.164 e. The van der Waals surface area contributed by atoms with Crippen LogP contribution in [0.5, 0.6) is 0 Å². The van der Waals surface area contributed by atoms with Gasteiger partial charge >= 0.3 is 0 Å². The molecule has 2 aliphatic heterocycles. The molecule has 0 radical (unpaired) electrons. The zero-order chi connectivity index (χ0) is 6.27. The van der Waals surface area contributed by atoms with E-state index in [-0.39, 0.29) is 18.2 Å². The third-order valence-electron chi connectivity index (χ3n) is 1.74. The van der Waals surface area contributed by atoms with Crippen molar-refractivity contribution in [1.82, 2.24) is 0 Å². The maximum Gasteiger partial charge on any atom is 0.164 e. The van der Waals surface area contributed by atoms with Crippen LogP contribution in [0.1, 0.15) is 12.8 Å². The van der Waals surface area contributed by atoms with Gasteiger partial charge < -0.3 is 9.47 Å². The van der Waals surface area contributed by atoms with Crippen LogP contribution in [0.15, 0.2) is 0 Å². The molecule has 2 atom stereocenters. The fraction of sp³-hybridized carbons (Fsp3) is 0.833. The molecular weight excluding hydrogens is 120 g/mol. The van der Waals surface area contributed by atoms with E-state index in [1.165, 1.54) is 0 Å². The Labute approximate surface area is 52.9 Å². The molecule has 9 heavy (non-hydrogen) atoms. The molecule has 2 saturated heterocycles. The second-order valence-corrected chi connectivity index (χ2v) is 2.39. The van der Waals surface area contributed by atoms with Crippen LogP contribution in [0.3, 0.4) is 0 Å². The van der Waals surface area contributed by atoms with Crippen molar-refractivity contribution < 1.29 is 14.3 Å². The molecule has 0 amide bonds. The van der Waals surface area contributed by atoms with Gasteiger partial charge in [0.25, 0.3) is 0 Å². The summed E-state index contributed by atoms with van der Waals surface area (Å²) in [6.07, 6.45) is 1.07. The zero-order valence-corrected chi connectivity index (χ0v) is 5.00. The Morgan fingerprint density at radius 1 is 1.56 bits per heavy atom. The van der Waals surface area contributed by atoms with Crippen molar-refractivity contribution in [1.29, 1.82) is 0 Å². The summed E-state index contributed by atoms with van der Waals surface area (Å²) < 4.78 is 10.2. The van der Waals surface area contributed by atoms with Gasteiger partial charge in [-0.2, -0.15) is 0 Å². The van der Waals surface area contributed by atoms with Crippen molar-refractivity contribution in [3.05, 3.63) is 0 Å². The molecule has 0 N–H and O–H groups in total. The van der Waals surface area contributed by atoms with E-state index in [2.05, 4.69) is 0 Å². The van der Waals surface area contributed by atoms with Crippen LogP contribution in [0, 0.1) is 0 Å². The van der Waals surface area contributed by atoms with Gasteiger partial charge in [-0.05, 0) is 0 Å². The van der Waals surface area contributed by atoms with Crippen molar-refractivity contribution in [2.75, 3.05) is 6.61 Å². The number of ether oxygens (including phenoxy) is 2. The normalized spacial score (nSPS) is 41.6. The zero-order valence-electron chi connectivity index (χ0n) is 5.00. The summed E-state index contributed by atoms with van der Waals surface area (Å²) in [6, 6.07) is 0. The fourth-order valence-corrected chi connectivity index (χ4v) is 1.20. The highest BCUT2D eigenvalue weighted by molar-refractivity contribution is 5.84. The second kappa shape index (κ2) is 1.78. The molecule has 2 fully saturated rings. The first kappa shape index (κ1) is 5.38. The van der Waals surface area contributed by atoms with Gasteiger partial charge in [0.1, 0.15) is 6.10 Å². The average molecular weight is 128 g/mol. The molecule has 0 unspecified atom stereocenters. The quantitative estimate of drug-likeness (QED) is 0.464. The summed E-state index contributed by atoms with van der Waals surface area (Å²) in [5.41, 5.74) is 0. The highest BCUT2D eigenvalue weighted by Gasteiger charge is 2.35. The first-order valence-electron chi connectivity index (χ1n) is 3.16. The molecule has 0 aromatic heterocycles. The molecule has 0 aromatic carbocycles. The number of Topliss-reactive ketones (excluding diaryl/α,β-unsaturated/α-hetero) is 1. The predicted octanol–water partition coefficient (Wildman–Crippen LogP) is 0.0908.